The van der Waals surface area contributed by atoms with Crippen LogP contribution in [0, 0.1) is 5.82 Å². The second kappa shape index (κ2) is 11.8. The Morgan fingerprint density at radius 1 is 1.08 bits per heavy atom. The molecule has 0 saturated carbocycles. The molecule has 1 saturated heterocycles. The topological polar surface area (TPSA) is 57.0 Å². The van der Waals surface area contributed by atoms with Gasteiger partial charge in [-0.15, -0.1) is 11.3 Å². The van der Waals surface area contributed by atoms with Crippen molar-refractivity contribution in [3.63, 3.8) is 0 Å². The summed E-state index contributed by atoms with van der Waals surface area (Å²) in [6.45, 7) is 7.40. The van der Waals surface area contributed by atoms with E-state index in [4.69, 9.17) is 9.97 Å². The zero-order valence-electron chi connectivity index (χ0n) is 23.2. The number of aromatic nitrogens is 3. The summed E-state index contributed by atoms with van der Waals surface area (Å²) in [6, 6.07) is 10.8. The highest BCUT2D eigenvalue weighted by molar-refractivity contribution is 7.14. The van der Waals surface area contributed by atoms with E-state index in [1.807, 2.05) is 24.4 Å². The molecular weight excluding hydrogens is 511 g/mol. The molecule has 206 valence electrons. The molecule has 0 atom stereocenters. The van der Waals surface area contributed by atoms with E-state index >= 15 is 0 Å². The molecule has 9 heteroatoms. The molecule has 1 aliphatic heterocycles. The van der Waals surface area contributed by atoms with Gasteiger partial charge in [0.15, 0.2) is 5.13 Å². The van der Waals surface area contributed by atoms with Crippen molar-refractivity contribution < 1.29 is 9.18 Å². The number of thiazole rings is 1. The van der Waals surface area contributed by atoms with Crippen LogP contribution in [0.25, 0.3) is 16.9 Å². The van der Waals surface area contributed by atoms with Crippen LogP contribution in [0.5, 0.6) is 0 Å². The van der Waals surface area contributed by atoms with Crippen molar-refractivity contribution >= 4 is 33.8 Å². The van der Waals surface area contributed by atoms with Crippen LogP contribution in [0.15, 0.2) is 48.0 Å². The molecule has 4 aromatic rings. The summed E-state index contributed by atoms with van der Waals surface area (Å²) < 4.78 is 15.6. The van der Waals surface area contributed by atoms with Crippen molar-refractivity contribution in [2.45, 2.75) is 45.4 Å². The molecule has 39 heavy (non-hydrogen) atoms. The lowest BCUT2D eigenvalue weighted by Gasteiger charge is -2.32. The number of piperidine rings is 1. The number of anilines is 2. The summed E-state index contributed by atoms with van der Waals surface area (Å²) in [5, 5.41) is 2.87. The number of halogens is 1. The number of carbonyl (C=O) groups excluding carboxylic acids is 1. The van der Waals surface area contributed by atoms with Crippen LogP contribution in [-0.2, 0) is 11.2 Å². The molecule has 0 spiro atoms. The van der Waals surface area contributed by atoms with E-state index in [2.05, 4.69) is 46.4 Å². The van der Waals surface area contributed by atoms with Gasteiger partial charge in [0.1, 0.15) is 17.3 Å². The van der Waals surface area contributed by atoms with E-state index in [0.717, 1.165) is 78.9 Å². The van der Waals surface area contributed by atoms with Gasteiger partial charge in [-0.2, -0.15) is 0 Å². The Labute approximate surface area is 233 Å². The number of hydrogen-bond donors (Lipinski definition) is 0. The summed E-state index contributed by atoms with van der Waals surface area (Å²) >= 11 is 1.57. The third-order valence-corrected chi connectivity index (χ3v) is 8.58. The van der Waals surface area contributed by atoms with Gasteiger partial charge in [-0.3, -0.25) is 14.1 Å². The monoisotopic (exact) mass is 548 g/mol. The summed E-state index contributed by atoms with van der Waals surface area (Å²) in [5.41, 5.74) is 4.99. The smallest absolute Gasteiger partial charge is 0.236 e. The molecule has 3 aromatic heterocycles. The van der Waals surface area contributed by atoms with Gasteiger partial charge in [0.05, 0.1) is 17.9 Å². The Morgan fingerprint density at radius 2 is 1.82 bits per heavy atom. The van der Waals surface area contributed by atoms with Crippen LogP contribution in [-0.4, -0.2) is 70.4 Å². The number of likely N-dealkylation sites (N-methyl/N-ethyl adjacent to an activating group) is 1. The molecule has 0 radical (unpaired) electrons. The van der Waals surface area contributed by atoms with E-state index in [1.165, 1.54) is 17.7 Å². The van der Waals surface area contributed by atoms with E-state index in [1.54, 1.807) is 23.5 Å². The van der Waals surface area contributed by atoms with Crippen molar-refractivity contribution in [3.05, 3.63) is 65.0 Å². The first-order valence-corrected chi connectivity index (χ1v) is 14.7. The Morgan fingerprint density at radius 3 is 2.51 bits per heavy atom. The average molecular weight is 549 g/mol. The van der Waals surface area contributed by atoms with Crippen molar-refractivity contribution in [1.82, 2.24) is 24.2 Å². The summed E-state index contributed by atoms with van der Waals surface area (Å²) in [6.07, 6.45) is 6.10. The van der Waals surface area contributed by atoms with E-state index < -0.39 is 0 Å². The molecule has 0 aliphatic carbocycles. The van der Waals surface area contributed by atoms with Gasteiger partial charge in [-0.1, -0.05) is 19.9 Å². The van der Waals surface area contributed by atoms with Gasteiger partial charge < -0.3 is 9.80 Å². The number of carbonyl (C=O) groups is 1. The number of imidazole rings is 1. The lowest BCUT2D eigenvalue weighted by Crippen LogP contribution is -2.42. The zero-order valence-corrected chi connectivity index (χ0v) is 24.0. The highest BCUT2D eigenvalue weighted by Gasteiger charge is 2.25. The highest BCUT2D eigenvalue weighted by atomic mass is 32.1. The lowest BCUT2D eigenvalue weighted by molar-refractivity contribution is -0.131. The van der Waals surface area contributed by atoms with Gasteiger partial charge in [-0.05, 0) is 80.6 Å². The Balaban J connectivity index is 1.34. The highest BCUT2D eigenvalue weighted by Crippen LogP contribution is 2.35. The third kappa shape index (κ3) is 5.84. The second-order valence-electron chi connectivity index (χ2n) is 10.4. The van der Waals surface area contributed by atoms with E-state index in [-0.39, 0.29) is 11.7 Å². The molecule has 4 heterocycles. The normalized spacial score (nSPS) is 14.7. The number of pyridine rings is 1. The molecule has 5 rings (SSSR count). The molecule has 0 N–H and O–H groups in total. The fourth-order valence-electron chi connectivity index (χ4n) is 5.39. The molecule has 0 bridgehead atoms. The minimum atomic E-state index is -0.251. The van der Waals surface area contributed by atoms with Crippen LogP contribution < -0.4 is 4.90 Å². The first-order valence-electron chi connectivity index (χ1n) is 13.8. The summed E-state index contributed by atoms with van der Waals surface area (Å²) in [4.78, 5) is 28.5. The van der Waals surface area contributed by atoms with Gasteiger partial charge in [0, 0.05) is 37.8 Å². The summed E-state index contributed by atoms with van der Waals surface area (Å²) in [5.74, 6) is 1.43. The standard InChI is InChI=1S/C30H37FN6OS/c1-5-15-34(3)28(38)19-36-16-13-21(14-17-36)23-9-12-27-32-25(6-2)29(37(27)18-23)35(4)30-33-26(20-39-30)22-7-10-24(31)11-8-22/h7-12,18,20-21H,5-6,13-17,19H2,1-4H3. The van der Waals surface area contributed by atoms with Gasteiger partial charge in [-0.25, -0.2) is 14.4 Å². The number of nitrogens with zero attached hydrogens (tertiary/aromatic N) is 6. The Bertz CT molecular complexity index is 1420. The molecular formula is C30H37FN6OS. The quantitative estimate of drug-likeness (QED) is 0.258. The largest absolute Gasteiger partial charge is 0.345 e. The maximum Gasteiger partial charge on any atom is 0.236 e. The van der Waals surface area contributed by atoms with Crippen LogP contribution in [0.3, 0.4) is 0 Å². The molecule has 1 aromatic carbocycles. The van der Waals surface area contributed by atoms with Crippen molar-refractivity contribution in [3.8, 4) is 11.3 Å². The minimum absolute atomic E-state index is 0.208. The number of amides is 1. The van der Waals surface area contributed by atoms with E-state index in [9.17, 15) is 9.18 Å². The predicted molar refractivity (Wildman–Crippen MR) is 156 cm³/mol. The van der Waals surface area contributed by atoms with Crippen molar-refractivity contribution in [2.75, 3.05) is 45.2 Å². The SMILES string of the molecule is CCCN(C)C(=O)CN1CCC(c2ccc3nc(CC)c(N(C)c4nc(-c5ccc(F)cc5)cs4)n3c2)CC1. The minimum Gasteiger partial charge on any atom is -0.345 e. The van der Waals surface area contributed by atoms with Gasteiger partial charge in [0.25, 0.3) is 0 Å². The van der Waals surface area contributed by atoms with Crippen LogP contribution in [0.2, 0.25) is 0 Å². The van der Waals surface area contributed by atoms with Crippen molar-refractivity contribution in [1.29, 1.82) is 0 Å². The molecule has 1 fully saturated rings. The second-order valence-corrected chi connectivity index (χ2v) is 11.2. The maximum atomic E-state index is 13.4. The van der Waals surface area contributed by atoms with Crippen molar-refractivity contribution in [2.24, 2.45) is 0 Å². The number of likely N-dealkylation sites (tertiary alicyclic amines) is 1. The number of benzene rings is 1. The first kappa shape index (κ1) is 27.3. The first-order chi connectivity index (χ1) is 18.9. The van der Waals surface area contributed by atoms with Gasteiger partial charge >= 0.3 is 0 Å². The Kier molecular flexibility index (Phi) is 8.28. The number of fused-ring (bicyclic) bond motifs is 1. The fourth-order valence-corrected chi connectivity index (χ4v) is 6.19. The lowest BCUT2D eigenvalue weighted by atomic mass is 9.90. The zero-order chi connectivity index (χ0) is 27.5. The maximum absolute atomic E-state index is 13.4. The number of rotatable bonds is 9. The Hall–Kier alpha value is -3.30. The van der Waals surface area contributed by atoms with Crippen LogP contribution in [0.4, 0.5) is 15.3 Å². The predicted octanol–water partition coefficient (Wildman–Crippen LogP) is 5.98. The van der Waals surface area contributed by atoms with E-state index in [0.29, 0.717) is 12.5 Å². The average Bonchev–Trinajstić information content (AvgIpc) is 3.58. The third-order valence-electron chi connectivity index (χ3n) is 7.66. The van der Waals surface area contributed by atoms with Gasteiger partial charge in [0.2, 0.25) is 5.91 Å². The van der Waals surface area contributed by atoms with Crippen LogP contribution >= 0.6 is 11.3 Å². The fraction of sp³-hybridized carbons (Fsp3) is 0.433. The molecule has 1 amide bonds. The number of aryl methyl sites for hydroxylation is 1. The molecule has 7 nitrogen and oxygen atoms in total. The molecule has 0 unspecified atom stereocenters. The molecule has 1 aliphatic rings. The van der Waals surface area contributed by atoms with Crippen LogP contribution in [0.1, 0.15) is 50.3 Å². The summed E-state index contributed by atoms with van der Waals surface area (Å²) in [7, 11) is 3.93. The number of hydrogen-bond acceptors (Lipinski definition) is 6.